The highest BCUT2D eigenvalue weighted by molar-refractivity contribution is 6.01. The Kier molecular flexibility index (Phi) is 2.51. The number of anilines is 2. The Balaban J connectivity index is 3.09. The highest BCUT2D eigenvalue weighted by atomic mass is 16.1. The second-order valence-corrected chi connectivity index (χ2v) is 3.22. The van der Waals surface area contributed by atoms with Crippen LogP contribution in [0.1, 0.15) is 24.2 Å². The summed E-state index contributed by atoms with van der Waals surface area (Å²) in [5.41, 5.74) is 11.9. The first-order chi connectivity index (χ1) is 6.02. The van der Waals surface area contributed by atoms with E-state index < -0.39 is 0 Å². The van der Waals surface area contributed by atoms with E-state index in [0.29, 0.717) is 17.1 Å². The number of carbonyl (C=O) groups excluding carboxylic acids is 1. The third-order valence-electron chi connectivity index (χ3n) is 1.75. The lowest BCUT2D eigenvalue weighted by Crippen LogP contribution is -2.11. The molecule has 0 aliphatic carbocycles. The predicted molar refractivity (Wildman–Crippen MR) is 52.2 cm³/mol. The number of rotatable bonds is 2. The number of nitrogen functional groups attached to an aromatic ring is 2. The topological polar surface area (TPSA) is 82.0 Å². The van der Waals surface area contributed by atoms with Crippen molar-refractivity contribution < 1.29 is 4.79 Å². The molecule has 0 atom stereocenters. The molecule has 0 spiro atoms. The summed E-state index contributed by atoms with van der Waals surface area (Å²) in [7, 11) is 0. The van der Waals surface area contributed by atoms with Crippen molar-refractivity contribution in [2.75, 3.05) is 11.5 Å². The second-order valence-electron chi connectivity index (χ2n) is 3.22. The van der Waals surface area contributed by atoms with Crippen molar-refractivity contribution in [1.29, 1.82) is 0 Å². The van der Waals surface area contributed by atoms with E-state index in [1.807, 2.05) is 13.8 Å². The van der Waals surface area contributed by atoms with Crippen molar-refractivity contribution in [3.63, 3.8) is 0 Å². The number of pyridine rings is 1. The Morgan fingerprint density at radius 1 is 1.46 bits per heavy atom. The minimum atomic E-state index is -0.0762. The van der Waals surface area contributed by atoms with Crippen LogP contribution in [0.25, 0.3) is 0 Å². The molecule has 0 aromatic carbocycles. The molecular formula is C9H13N3O. The highest BCUT2D eigenvalue weighted by Gasteiger charge is 2.13. The first-order valence-corrected chi connectivity index (χ1v) is 4.07. The number of hydrogen-bond donors (Lipinski definition) is 2. The molecule has 4 N–H and O–H groups in total. The molecule has 0 radical (unpaired) electrons. The monoisotopic (exact) mass is 179 g/mol. The Morgan fingerprint density at radius 3 is 2.54 bits per heavy atom. The zero-order valence-corrected chi connectivity index (χ0v) is 7.74. The van der Waals surface area contributed by atoms with E-state index in [9.17, 15) is 4.79 Å². The third-order valence-corrected chi connectivity index (χ3v) is 1.75. The van der Waals surface area contributed by atoms with Crippen LogP contribution in [0.15, 0.2) is 12.3 Å². The van der Waals surface area contributed by atoms with Gasteiger partial charge < -0.3 is 11.5 Å². The lowest BCUT2D eigenvalue weighted by Gasteiger charge is -2.06. The molecule has 0 fully saturated rings. The smallest absolute Gasteiger partial charge is 0.169 e. The summed E-state index contributed by atoms with van der Waals surface area (Å²) in [6.07, 6.45) is 1.42. The van der Waals surface area contributed by atoms with Crippen LogP contribution >= 0.6 is 0 Å². The van der Waals surface area contributed by atoms with Crippen molar-refractivity contribution in [3.8, 4) is 0 Å². The van der Waals surface area contributed by atoms with Gasteiger partial charge in [0.15, 0.2) is 5.78 Å². The molecule has 1 rings (SSSR count). The second kappa shape index (κ2) is 3.43. The maximum atomic E-state index is 11.5. The van der Waals surface area contributed by atoms with Crippen LogP contribution in [0.2, 0.25) is 0 Å². The lowest BCUT2D eigenvalue weighted by molar-refractivity contribution is 0.0940. The van der Waals surface area contributed by atoms with Gasteiger partial charge in [-0.25, -0.2) is 4.98 Å². The van der Waals surface area contributed by atoms with E-state index >= 15 is 0 Å². The van der Waals surface area contributed by atoms with Gasteiger partial charge in [-0.3, -0.25) is 4.79 Å². The van der Waals surface area contributed by atoms with Crippen molar-refractivity contribution in [2.24, 2.45) is 5.92 Å². The molecule has 1 heterocycles. The number of nitrogens with two attached hydrogens (primary N) is 2. The van der Waals surface area contributed by atoms with Gasteiger partial charge in [-0.2, -0.15) is 0 Å². The third kappa shape index (κ3) is 1.96. The molecule has 0 amide bonds. The summed E-state index contributed by atoms with van der Waals surface area (Å²) < 4.78 is 0. The normalized spacial score (nSPS) is 10.4. The van der Waals surface area contributed by atoms with Crippen LogP contribution in [0, 0.1) is 5.92 Å². The van der Waals surface area contributed by atoms with Gasteiger partial charge in [0.2, 0.25) is 0 Å². The van der Waals surface area contributed by atoms with Crippen LogP contribution in [-0.4, -0.2) is 10.8 Å². The maximum Gasteiger partial charge on any atom is 0.169 e. The first kappa shape index (κ1) is 9.51. The molecular weight excluding hydrogens is 166 g/mol. The highest BCUT2D eigenvalue weighted by Crippen LogP contribution is 2.16. The molecule has 0 saturated heterocycles. The van der Waals surface area contributed by atoms with Gasteiger partial charge in [-0.1, -0.05) is 13.8 Å². The van der Waals surface area contributed by atoms with Gasteiger partial charge in [-0.15, -0.1) is 0 Å². The number of nitrogens with zero attached hydrogens (tertiary/aromatic N) is 1. The van der Waals surface area contributed by atoms with Crippen molar-refractivity contribution in [2.45, 2.75) is 13.8 Å². The van der Waals surface area contributed by atoms with E-state index in [-0.39, 0.29) is 11.7 Å². The average Bonchev–Trinajstić information content (AvgIpc) is 2.03. The van der Waals surface area contributed by atoms with Gasteiger partial charge in [-0.05, 0) is 0 Å². The van der Waals surface area contributed by atoms with Crippen LogP contribution in [-0.2, 0) is 0 Å². The zero-order chi connectivity index (χ0) is 10.0. The SMILES string of the molecule is CC(C)C(=O)c1cnc(N)cc1N. The molecule has 1 aromatic heterocycles. The number of hydrogen-bond acceptors (Lipinski definition) is 4. The van der Waals surface area contributed by atoms with Crippen LogP contribution < -0.4 is 11.5 Å². The number of aromatic nitrogens is 1. The molecule has 4 heteroatoms. The number of Topliss-reactive ketones (excluding diaryl/α,β-unsaturated/α-hetero) is 1. The van der Waals surface area contributed by atoms with Crippen molar-refractivity contribution >= 4 is 17.3 Å². The van der Waals surface area contributed by atoms with E-state index in [0.717, 1.165) is 0 Å². The molecule has 13 heavy (non-hydrogen) atoms. The standard InChI is InChI=1S/C9H13N3O/c1-5(2)9(13)6-4-12-8(11)3-7(6)10/h3-5H,1-2H3,(H4,10,11,12). The molecule has 1 aromatic rings. The fourth-order valence-corrected chi connectivity index (χ4v) is 1.00. The molecule has 0 bridgehead atoms. The van der Waals surface area contributed by atoms with Crippen molar-refractivity contribution in [3.05, 3.63) is 17.8 Å². The van der Waals surface area contributed by atoms with Gasteiger partial charge >= 0.3 is 0 Å². The summed E-state index contributed by atoms with van der Waals surface area (Å²) in [5.74, 6) is 0.246. The summed E-state index contributed by atoms with van der Waals surface area (Å²) in [6, 6.07) is 1.50. The summed E-state index contributed by atoms with van der Waals surface area (Å²) in [4.78, 5) is 15.3. The number of carbonyl (C=O) groups is 1. The molecule has 0 unspecified atom stereocenters. The fraction of sp³-hybridized carbons (Fsp3) is 0.333. The largest absolute Gasteiger partial charge is 0.398 e. The van der Waals surface area contributed by atoms with Crippen LogP contribution in [0.3, 0.4) is 0 Å². The molecule has 0 aliphatic rings. The lowest BCUT2D eigenvalue weighted by atomic mass is 10.0. The first-order valence-electron chi connectivity index (χ1n) is 4.07. The van der Waals surface area contributed by atoms with Crippen LogP contribution in [0.5, 0.6) is 0 Å². The predicted octanol–water partition coefficient (Wildman–Crippen LogP) is 1.08. The molecule has 0 saturated carbocycles. The Labute approximate surface area is 77.0 Å². The minimum absolute atomic E-state index is 0.00926. The zero-order valence-electron chi connectivity index (χ0n) is 7.74. The maximum absolute atomic E-state index is 11.5. The Hall–Kier alpha value is -1.58. The van der Waals surface area contributed by atoms with Crippen LogP contribution in [0.4, 0.5) is 11.5 Å². The Bertz CT molecular complexity index is 334. The van der Waals surface area contributed by atoms with Gasteiger partial charge in [0.25, 0.3) is 0 Å². The quantitative estimate of drug-likeness (QED) is 0.665. The van der Waals surface area contributed by atoms with E-state index in [2.05, 4.69) is 4.98 Å². The summed E-state index contributed by atoms with van der Waals surface area (Å²) in [6.45, 7) is 3.64. The van der Waals surface area contributed by atoms with E-state index in [1.165, 1.54) is 12.3 Å². The van der Waals surface area contributed by atoms with Gasteiger partial charge in [0.05, 0.1) is 5.56 Å². The Morgan fingerprint density at radius 2 is 2.08 bits per heavy atom. The summed E-state index contributed by atoms with van der Waals surface area (Å²) in [5, 5.41) is 0. The average molecular weight is 179 g/mol. The van der Waals surface area contributed by atoms with E-state index in [4.69, 9.17) is 11.5 Å². The molecule has 0 aliphatic heterocycles. The summed E-state index contributed by atoms with van der Waals surface area (Å²) >= 11 is 0. The minimum Gasteiger partial charge on any atom is -0.398 e. The fourth-order valence-electron chi connectivity index (χ4n) is 1.00. The van der Waals surface area contributed by atoms with Crippen molar-refractivity contribution in [1.82, 2.24) is 4.98 Å². The molecule has 70 valence electrons. The van der Waals surface area contributed by atoms with Gasteiger partial charge in [0, 0.05) is 23.9 Å². The number of ketones is 1. The van der Waals surface area contributed by atoms with E-state index in [1.54, 1.807) is 0 Å². The molecule has 4 nitrogen and oxygen atoms in total. The van der Waals surface area contributed by atoms with Gasteiger partial charge in [0.1, 0.15) is 5.82 Å².